The summed E-state index contributed by atoms with van der Waals surface area (Å²) in [6.45, 7) is -1.65. The molecular formula is C10H11F6NO3. The second-order valence-corrected chi connectivity index (χ2v) is 4.51. The zero-order valence-corrected chi connectivity index (χ0v) is 9.96. The van der Waals surface area contributed by atoms with Crippen LogP contribution in [0.4, 0.5) is 26.3 Å². The lowest BCUT2D eigenvalue weighted by Gasteiger charge is -2.18. The van der Waals surface area contributed by atoms with Gasteiger partial charge in [0, 0.05) is 19.5 Å². The summed E-state index contributed by atoms with van der Waals surface area (Å²) in [5.41, 5.74) is 0. The van der Waals surface area contributed by atoms with Crippen LogP contribution >= 0.6 is 0 Å². The van der Waals surface area contributed by atoms with Gasteiger partial charge in [-0.1, -0.05) is 0 Å². The monoisotopic (exact) mass is 307 g/mol. The molecule has 0 aromatic heterocycles. The van der Waals surface area contributed by atoms with Gasteiger partial charge >= 0.3 is 18.3 Å². The quantitative estimate of drug-likeness (QED) is 0.812. The van der Waals surface area contributed by atoms with Crippen molar-refractivity contribution in [1.29, 1.82) is 0 Å². The molecule has 116 valence electrons. The fourth-order valence-corrected chi connectivity index (χ4v) is 2.00. The highest BCUT2D eigenvalue weighted by atomic mass is 19.4. The molecule has 2 atom stereocenters. The SMILES string of the molecule is O=C(O)[C@@H]1CN(C(=O)CCC(F)(F)F)C[C@H]1C(F)(F)F. The topological polar surface area (TPSA) is 57.6 Å². The van der Waals surface area contributed by atoms with Crippen LogP contribution in [0.15, 0.2) is 0 Å². The summed E-state index contributed by atoms with van der Waals surface area (Å²) < 4.78 is 73.6. The second kappa shape index (κ2) is 5.49. The van der Waals surface area contributed by atoms with E-state index in [1.54, 1.807) is 0 Å². The lowest BCUT2D eigenvalue weighted by Crippen LogP contribution is -2.34. The minimum absolute atomic E-state index is 0.530. The third kappa shape index (κ3) is 4.27. The summed E-state index contributed by atoms with van der Waals surface area (Å²) in [4.78, 5) is 22.7. The maximum absolute atomic E-state index is 12.6. The molecule has 1 saturated heterocycles. The van der Waals surface area contributed by atoms with E-state index in [1.165, 1.54) is 0 Å². The van der Waals surface area contributed by atoms with Crippen molar-refractivity contribution in [2.45, 2.75) is 25.2 Å². The van der Waals surface area contributed by atoms with Crippen molar-refractivity contribution in [2.75, 3.05) is 13.1 Å². The number of carbonyl (C=O) groups excluding carboxylic acids is 1. The summed E-state index contributed by atoms with van der Waals surface area (Å²) >= 11 is 0. The average molecular weight is 307 g/mol. The van der Waals surface area contributed by atoms with Crippen molar-refractivity contribution in [3.05, 3.63) is 0 Å². The third-order valence-corrected chi connectivity index (χ3v) is 3.03. The minimum atomic E-state index is -4.82. The first-order valence-corrected chi connectivity index (χ1v) is 5.56. The number of alkyl halides is 6. The second-order valence-electron chi connectivity index (χ2n) is 4.51. The van der Waals surface area contributed by atoms with Crippen molar-refractivity contribution < 1.29 is 41.0 Å². The number of halogens is 6. The molecule has 1 amide bonds. The van der Waals surface area contributed by atoms with Gasteiger partial charge in [-0.25, -0.2) is 0 Å². The standard InChI is InChI=1S/C10H11F6NO3/c11-9(12,13)2-1-7(18)17-3-5(8(19)20)6(4-17)10(14,15)16/h5-6H,1-4H2,(H,19,20)/t5-,6-/m1/s1. The van der Waals surface area contributed by atoms with Crippen LogP contribution in [0.5, 0.6) is 0 Å². The van der Waals surface area contributed by atoms with E-state index in [-0.39, 0.29) is 0 Å². The van der Waals surface area contributed by atoms with Crippen molar-refractivity contribution in [3.8, 4) is 0 Å². The first-order valence-electron chi connectivity index (χ1n) is 5.56. The fourth-order valence-electron chi connectivity index (χ4n) is 2.00. The minimum Gasteiger partial charge on any atom is -0.481 e. The highest BCUT2D eigenvalue weighted by Crippen LogP contribution is 2.38. The number of rotatable bonds is 3. The van der Waals surface area contributed by atoms with Gasteiger partial charge in [-0.2, -0.15) is 26.3 Å². The van der Waals surface area contributed by atoms with Crippen LogP contribution in [0, 0.1) is 11.8 Å². The molecule has 4 nitrogen and oxygen atoms in total. The van der Waals surface area contributed by atoms with Gasteiger partial charge in [-0.05, 0) is 0 Å². The van der Waals surface area contributed by atoms with Gasteiger partial charge in [0.05, 0.1) is 18.3 Å². The van der Waals surface area contributed by atoms with Crippen LogP contribution in [-0.2, 0) is 9.59 Å². The molecule has 1 fully saturated rings. The normalized spacial score (nSPS) is 24.0. The summed E-state index contributed by atoms with van der Waals surface area (Å²) in [7, 11) is 0. The molecule has 10 heteroatoms. The molecule has 0 aromatic carbocycles. The van der Waals surface area contributed by atoms with E-state index in [0.29, 0.717) is 4.90 Å². The van der Waals surface area contributed by atoms with Gasteiger partial charge in [-0.3, -0.25) is 9.59 Å². The van der Waals surface area contributed by atoms with E-state index in [4.69, 9.17) is 5.11 Å². The van der Waals surface area contributed by atoms with Crippen molar-refractivity contribution in [2.24, 2.45) is 11.8 Å². The number of carboxylic acids is 1. The lowest BCUT2D eigenvalue weighted by atomic mass is 9.96. The summed E-state index contributed by atoms with van der Waals surface area (Å²) in [5, 5.41) is 8.69. The number of aliphatic carboxylic acids is 1. The molecule has 0 bridgehead atoms. The van der Waals surface area contributed by atoms with Crippen LogP contribution in [0.25, 0.3) is 0 Å². The molecule has 1 aliphatic rings. The Kier molecular flexibility index (Phi) is 4.55. The van der Waals surface area contributed by atoms with Gasteiger partial charge in [0.1, 0.15) is 0 Å². The maximum Gasteiger partial charge on any atom is 0.394 e. The lowest BCUT2D eigenvalue weighted by molar-refractivity contribution is -0.188. The summed E-state index contributed by atoms with van der Waals surface area (Å²) in [6.07, 6.45) is -11.8. The van der Waals surface area contributed by atoms with E-state index < -0.39 is 62.0 Å². The Balaban J connectivity index is 2.71. The molecule has 1 aliphatic heterocycles. The van der Waals surface area contributed by atoms with E-state index in [0.717, 1.165) is 0 Å². The number of amides is 1. The zero-order chi connectivity index (χ0) is 15.7. The number of nitrogens with zero attached hydrogens (tertiary/aromatic N) is 1. The molecule has 0 spiro atoms. The van der Waals surface area contributed by atoms with Crippen LogP contribution in [-0.4, -0.2) is 47.3 Å². The van der Waals surface area contributed by atoms with Crippen LogP contribution in [0.3, 0.4) is 0 Å². The van der Waals surface area contributed by atoms with Crippen molar-refractivity contribution in [3.63, 3.8) is 0 Å². The Morgan fingerprint density at radius 2 is 1.65 bits per heavy atom. The average Bonchev–Trinajstić information content (AvgIpc) is 2.69. The first kappa shape index (κ1) is 16.6. The molecule has 1 rings (SSSR count). The van der Waals surface area contributed by atoms with Crippen LogP contribution < -0.4 is 0 Å². The number of likely N-dealkylation sites (tertiary alicyclic amines) is 1. The molecule has 1 N–H and O–H groups in total. The van der Waals surface area contributed by atoms with Crippen molar-refractivity contribution in [1.82, 2.24) is 4.90 Å². The molecule has 1 heterocycles. The summed E-state index contributed by atoms with van der Waals surface area (Å²) in [5.74, 6) is -6.95. The molecule has 20 heavy (non-hydrogen) atoms. The summed E-state index contributed by atoms with van der Waals surface area (Å²) in [6, 6.07) is 0. The fraction of sp³-hybridized carbons (Fsp3) is 0.800. The first-order chi connectivity index (χ1) is 8.92. The molecular weight excluding hydrogens is 296 g/mol. The van der Waals surface area contributed by atoms with E-state index >= 15 is 0 Å². The van der Waals surface area contributed by atoms with E-state index in [9.17, 15) is 35.9 Å². The van der Waals surface area contributed by atoms with Crippen molar-refractivity contribution >= 4 is 11.9 Å². The Morgan fingerprint density at radius 3 is 2.00 bits per heavy atom. The van der Waals surface area contributed by atoms with Crippen LogP contribution in [0.2, 0.25) is 0 Å². The number of hydrogen-bond acceptors (Lipinski definition) is 2. The molecule has 0 radical (unpaired) electrons. The van der Waals surface area contributed by atoms with Gasteiger partial charge in [0.2, 0.25) is 5.91 Å². The number of hydrogen-bond donors (Lipinski definition) is 1. The Bertz CT molecular complexity index is 391. The smallest absolute Gasteiger partial charge is 0.394 e. The number of carbonyl (C=O) groups is 2. The molecule has 0 saturated carbocycles. The largest absolute Gasteiger partial charge is 0.481 e. The van der Waals surface area contributed by atoms with Gasteiger partial charge in [0.15, 0.2) is 0 Å². The Hall–Kier alpha value is -1.48. The van der Waals surface area contributed by atoms with Crippen LogP contribution in [0.1, 0.15) is 12.8 Å². The van der Waals surface area contributed by atoms with E-state index in [1.807, 2.05) is 0 Å². The molecule has 0 aliphatic carbocycles. The van der Waals surface area contributed by atoms with Gasteiger partial charge < -0.3 is 10.0 Å². The predicted molar refractivity (Wildman–Crippen MR) is 52.5 cm³/mol. The highest BCUT2D eigenvalue weighted by molar-refractivity contribution is 5.79. The molecule has 0 unspecified atom stereocenters. The molecule has 0 aromatic rings. The zero-order valence-electron chi connectivity index (χ0n) is 9.96. The maximum atomic E-state index is 12.6. The highest BCUT2D eigenvalue weighted by Gasteiger charge is 2.53. The number of carboxylic acid groups (broad SMARTS) is 1. The Morgan fingerprint density at radius 1 is 1.10 bits per heavy atom. The van der Waals surface area contributed by atoms with E-state index in [2.05, 4.69) is 0 Å². The Labute approximate surface area is 109 Å². The van der Waals surface area contributed by atoms with Gasteiger partial charge in [0.25, 0.3) is 0 Å². The third-order valence-electron chi connectivity index (χ3n) is 3.03. The predicted octanol–water partition coefficient (Wildman–Crippen LogP) is 2.05. The van der Waals surface area contributed by atoms with Gasteiger partial charge in [-0.15, -0.1) is 0 Å².